The van der Waals surface area contributed by atoms with E-state index in [9.17, 15) is 13.2 Å². The lowest BCUT2D eigenvalue weighted by Gasteiger charge is -2.15. The number of hydrogen-bond acceptors (Lipinski definition) is 5. The number of sulfonamides is 1. The molecule has 0 fully saturated rings. The zero-order valence-electron chi connectivity index (χ0n) is 17.5. The van der Waals surface area contributed by atoms with Gasteiger partial charge in [-0.3, -0.25) is 9.52 Å². The normalized spacial score (nSPS) is 12.1. The van der Waals surface area contributed by atoms with Crippen LogP contribution in [0.5, 0.6) is 5.75 Å². The Morgan fingerprint density at radius 1 is 0.969 bits per heavy atom. The number of amides is 1. The molecule has 2 N–H and O–H groups in total. The van der Waals surface area contributed by atoms with Gasteiger partial charge >= 0.3 is 0 Å². The first kappa shape index (κ1) is 24.0. The molecule has 0 heterocycles. The second-order valence-corrected chi connectivity index (χ2v) is 10.2. The molecule has 0 aliphatic rings. The van der Waals surface area contributed by atoms with E-state index < -0.39 is 10.0 Å². The van der Waals surface area contributed by atoms with Crippen LogP contribution in [0.25, 0.3) is 0 Å². The van der Waals surface area contributed by atoms with Crippen molar-refractivity contribution >= 4 is 50.7 Å². The summed E-state index contributed by atoms with van der Waals surface area (Å²) in [4.78, 5) is 13.7. The molecule has 0 saturated carbocycles. The van der Waals surface area contributed by atoms with E-state index in [1.807, 2.05) is 19.1 Å². The Morgan fingerprint density at radius 2 is 1.56 bits per heavy atom. The lowest BCUT2D eigenvalue weighted by molar-refractivity contribution is -0.115. The molecule has 1 amide bonds. The zero-order valence-corrected chi connectivity index (χ0v) is 19.9. The molecule has 1 atom stereocenters. The maximum atomic E-state index is 12.7. The van der Waals surface area contributed by atoms with Gasteiger partial charge in [0.2, 0.25) is 5.91 Å². The number of benzene rings is 3. The second-order valence-electron chi connectivity index (χ2n) is 6.82. The molecule has 0 saturated heterocycles. The number of halogens is 1. The van der Waals surface area contributed by atoms with Crippen molar-refractivity contribution in [3.63, 3.8) is 0 Å². The monoisotopic (exact) mass is 490 g/mol. The maximum Gasteiger partial charge on any atom is 0.261 e. The van der Waals surface area contributed by atoms with Crippen molar-refractivity contribution in [2.75, 3.05) is 17.1 Å². The fourth-order valence-corrected chi connectivity index (χ4v) is 4.95. The summed E-state index contributed by atoms with van der Waals surface area (Å²) in [5, 5.41) is 3.20. The molecule has 3 aromatic carbocycles. The highest BCUT2D eigenvalue weighted by molar-refractivity contribution is 8.00. The fraction of sp³-hybridized carbons (Fsp3) is 0.174. The Balaban J connectivity index is 1.64. The molecule has 0 radical (unpaired) electrons. The van der Waals surface area contributed by atoms with Crippen LogP contribution in [-0.4, -0.2) is 26.7 Å². The Hall–Kier alpha value is -2.68. The Kier molecular flexibility index (Phi) is 8.06. The average Bonchev–Trinajstić information content (AvgIpc) is 2.79. The molecular formula is C23H23ClN2O4S2. The van der Waals surface area contributed by atoms with Gasteiger partial charge in [0.05, 0.1) is 17.3 Å². The highest BCUT2D eigenvalue weighted by atomic mass is 35.5. The van der Waals surface area contributed by atoms with Gasteiger partial charge in [-0.1, -0.05) is 18.5 Å². The first-order valence-corrected chi connectivity index (χ1v) is 12.5. The highest BCUT2D eigenvalue weighted by Gasteiger charge is 2.19. The third-order valence-corrected chi connectivity index (χ3v) is 7.56. The lowest BCUT2D eigenvalue weighted by Crippen LogP contribution is -2.24. The van der Waals surface area contributed by atoms with Gasteiger partial charge in [0, 0.05) is 21.3 Å². The number of thioether (sulfide) groups is 1. The third-order valence-electron chi connectivity index (χ3n) is 4.53. The van der Waals surface area contributed by atoms with Gasteiger partial charge in [-0.2, -0.15) is 0 Å². The molecule has 9 heteroatoms. The van der Waals surface area contributed by atoms with Crippen molar-refractivity contribution in [2.24, 2.45) is 0 Å². The van der Waals surface area contributed by atoms with Gasteiger partial charge in [-0.25, -0.2) is 8.42 Å². The van der Waals surface area contributed by atoms with Gasteiger partial charge < -0.3 is 10.1 Å². The number of ether oxygens (including phenoxy) is 1. The summed E-state index contributed by atoms with van der Waals surface area (Å²) < 4.78 is 32.9. The van der Waals surface area contributed by atoms with Crippen LogP contribution < -0.4 is 14.8 Å². The largest absolute Gasteiger partial charge is 0.497 e. The molecule has 0 unspecified atom stereocenters. The number of rotatable bonds is 9. The number of carbonyl (C=O) groups is 1. The summed E-state index contributed by atoms with van der Waals surface area (Å²) in [5.41, 5.74) is 0.946. The molecule has 0 aromatic heterocycles. The fourth-order valence-electron chi connectivity index (χ4n) is 2.81. The van der Waals surface area contributed by atoms with Crippen LogP contribution in [-0.2, 0) is 14.8 Å². The van der Waals surface area contributed by atoms with Gasteiger partial charge in [-0.15, -0.1) is 11.8 Å². The first-order valence-electron chi connectivity index (χ1n) is 9.81. The number of methoxy groups -OCH3 is 1. The summed E-state index contributed by atoms with van der Waals surface area (Å²) in [7, 11) is -2.22. The smallest absolute Gasteiger partial charge is 0.261 e. The quantitative estimate of drug-likeness (QED) is 0.378. The molecule has 0 spiro atoms. The van der Waals surface area contributed by atoms with Gasteiger partial charge in [0.15, 0.2) is 0 Å². The van der Waals surface area contributed by atoms with Crippen LogP contribution in [0.15, 0.2) is 82.6 Å². The van der Waals surface area contributed by atoms with Crippen LogP contribution in [0.1, 0.15) is 13.3 Å². The molecule has 0 bridgehead atoms. The standard InChI is InChI=1S/C23H23ClN2O4S2/c1-3-22(31-20-12-4-16(24)5-13-20)23(27)25-17-8-14-21(15-9-17)32(28,29)26-18-6-10-19(30-2)11-7-18/h4-15,22,26H,3H2,1-2H3,(H,25,27)/t22-/m1/s1. The van der Waals surface area contributed by atoms with Crippen molar-refractivity contribution in [3.8, 4) is 5.75 Å². The number of carbonyl (C=O) groups excluding carboxylic acids is 1. The average molecular weight is 491 g/mol. The Labute approximate surface area is 197 Å². The zero-order chi connectivity index (χ0) is 23.1. The van der Waals surface area contributed by atoms with Crippen molar-refractivity contribution in [1.29, 1.82) is 0 Å². The van der Waals surface area contributed by atoms with Gasteiger partial charge in [0.25, 0.3) is 10.0 Å². The van der Waals surface area contributed by atoms with Crippen LogP contribution >= 0.6 is 23.4 Å². The summed E-state index contributed by atoms with van der Waals surface area (Å²) in [6, 6.07) is 19.9. The Morgan fingerprint density at radius 3 is 2.12 bits per heavy atom. The van der Waals surface area contributed by atoms with Crippen molar-refractivity contribution in [3.05, 3.63) is 77.8 Å². The molecule has 3 aromatic rings. The van der Waals surface area contributed by atoms with E-state index in [1.165, 1.54) is 23.9 Å². The van der Waals surface area contributed by atoms with Crippen molar-refractivity contribution in [1.82, 2.24) is 0 Å². The van der Waals surface area contributed by atoms with Gasteiger partial charge in [-0.05, 0) is 79.2 Å². The minimum atomic E-state index is -3.76. The van der Waals surface area contributed by atoms with Gasteiger partial charge in [0.1, 0.15) is 5.75 Å². The van der Waals surface area contributed by atoms with E-state index in [4.69, 9.17) is 16.3 Å². The summed E-state index contributed by atoms with van der Waals surface area (Å²) in [5.74, 6) is 0.479. The van der Waals surface area contributed by atoms with E-state index in [1.54, 1.807) is 55.6 Å². The first-order chi connectivity index (χ1) is 15.3. The van der Waals surface area contributed by atoms with Crippen molar-refractivity contribution < 1.29 is 17.9 Å². The van der Waals surface area contributed by atoms with Crippen LogP contribution in [0, 0.1) is 0 Å². The highest BCUT2D eigenvalue weighted by Crippen LogP contribution is 2.28. The van der Waals surface area contributed by atoms with E-state index in [0.29, 0.717) is 28.6 Å². The molecule has 32 heavy (non-hydrogen) atoms. The van der Waals surface area contributed by atoms with E-state index in [-0.39, 0.29) is 16.1 Å². The molecule has 6 nitrogen and oxygen atoms in total. The molecule has 0 aliphatic carbocycles. The minimum absolute atomic E-state index is 0.0916. The van der Waals surface area contributed by atoms with E-state index in [2.05, 4.69) is 10.0 Å². The number of hydrogen-bond donors (Lipinski definition) is 2. The molecule has 3 rings (SSSR count). The summed E-state index contributed by atoms with van der Waals surface area (Å²) in [6.07, 6.45) is 0.636. The summed E-state index contributed by atoms with van der Waals surface area (Å²) >= 11 is 7.36. The number of nitrogens with one attached hydrogen (secondary N) is 2. The lowest BCUT2D eigenvalue weighted by atomic mass is 10.3. The summed E-state index contributed by atoms with van der Waals surface area (Å²) in [6.45, 7) is 1.94. The predicted octanol–water partition coefficient (Wildman–Crippen LogP) is 5.66. The van der Waals surface area contributed by atoms with E-state index in [0.717, 1.165) is 4.90 Å². The van der Waals surface area contributed by atoms with Crippen LogP contribution in [0.2, 0.25) is 5.02 Å². The molecule has 0 aliphatic heterocycles. The topological polar surface area (TPSA) is 84.5 Å². The molecular weight excluding hydrogens is 468 g/mol. The van der Waals surface area contributed by atoms with Crippen LogP contribution in [0.3, 0.4) is 0 Å². The van der Waals surface area contributed by atoms with E-state index >= 15 is 0 Å². The molecule has 168 valence electrons. The third kappa shape index (κ3) is 6.41. The SMILES string of the molecule is CC[C@@H](Sc1ccc(Cl)cc1)C(=O)Nc1ccc(S(=O)(=O)Nc2ccc(OC)cc2)cc1. The Bertz CT molecular complexity index is 1150. The minimum Gasteiger partial charge on any atom is -0.497 e. The number of anilines is 2. The second kappa shape index (κ2) is 10.8. The van der Waals surface area contributed by atoms with Crippen molar-refractivity contribution in [2.45, 2.75) is 28.4 Å². The maximum absolute atomic E-state index is 12.7. The predicted molar refractivity (Wildman–Crippen MR) is 130 cm³/mol. The van der Waals surface area contributed by atoms with Crippen LogP contribution in [0.4, 0.5) is 11.4 Å².